The minimum absolute atomic E-state index is 0.412. The summed E-state index contributed by atoms with van der Waals surface area (Å²) in [6.07, 6.45) is -0.699. The highest BCUT2D eigenvalue weighted by Crippen LogP contribution is 2.21. The van der Waals surface area contributed by atoms with Gasteiger partial charge in [-0.05, 0) is 23.5 Å². The first-order valence-electron chi connectivity index (χ1n) is 5.78. The van der Waals surface area contributed by atoms with Crippen molar-refractivity contribution in [2.24, 2.45) is 0 Å². The molecule has 0 aliphatic heterocycles. The van der Waals surface area contributed by atoms with Gasteiger partial charge in [0.1, 0.15) is 6.10 Å². The lowest BCUT2D eigenvalue weighted by molar-refractivity contribution is 0.220. The Kier molecular flexibility index (Phi) is 3.82. The average molecular weight is 242 g/mol. The van der Waals surface area contributed by atoms with Crippen molar-refractivity contribution < 1.29 is 15.2 Å². The number of benzene rings is 2. The fraction of sp³-hybridized carbons (Fsp3) is 0.143. The zero-order valence-electron chi connectivity index (χ0n) is 10.1. The Morgan fingerprint density at radius 2 is 1.28 bits per heavy atom. The lowest BCUT2D eigenvalue weighted by atomic mass is 9.80. The van der Waals surface area contributed by atoms with E-state index in [4.69, 9.17) is 10.0 Å². The Bertz CT molecular complexity index is 506. The van der Waals surface area contributed by atoms with E-state index in [0.29, 0.717) is 5.46 Å². The molecule has 0 aliphatic rings. The van der Waals surface area contributed by atoms with Gasteiger partial charge < -0.3 is 15.2 Å². The second kappa shape index (κ2) is 5.35. The van der Waals surface area contributed by atoms with E-state index in [9.17, 15) is 5.11 Å². The number of aryl methyl sites for hydroxylation is 1. The van der Waals surface area contributed by atoms with Crippen LogP contribution in [-0.4, -0.2) is 22.3 Å². The van der Waals surface area contributed by atoms with Crippen LogP contribution in [0.2, 0.25) is 0 Å². The molecular formula is C14H15BO3. The first kappa shape index (κ1) is 12.8. The Morgan fingerprint density at radius 1 is 0.833 bits per heavy atom. The highest BCUT2D eigenvalue weighted by atomic mass is 16.4. The maximum Gasteiger partial charge on any atom is 0.488 e. The first-order valence-corrected chi connectivity index (χ1v) is 5.78. The summed E-state index contributed by atoms with van der Waals surface area (Å²) < 4.78 is 0. The summed E-state index contributed by atoms with van der Waals surface area (Å²) in [5.74, 6) is 0. The molecule has 0 saturated carbocycles. The molecular weight excluding hydrogens is 227 g/mol. The molecule has 18 heavy (non-hydrogen) atoms. The second-order valence-corrected chi connectivity index (χ2v) is 4.35. The third-order valence-corrected chi connectivity index (χ3v) is 2.94. The van der Waals surface area contributed by atoms with Crippen LogP contribution in [0, 0.1) is 6.92 Å². The van der Waals surface area contributed by atoms with Crippen LogP contribution < -0.4 is 5.46 Å². The van der Waals surface area contributed by atoms with E-state index in [1.807, 2.05) is 31.2 Å². The summed E-state index contributed by atoms with van der Waals surface area (Å²) in [6, 6.07) is 14.2. The fourth-order valence-corrected chi connectivity index (χ4v) is 1.79. The van der Waals surface area contributed by atoms with Crippen LogP contribution in [0.15, 0.2) is 48.5 Å². The number of rotatable bonds is 3. The molecule has 3 N–H and O–H groups in total. The van der Waals surface area contributed by atoms with E-state index in [2.05, 4.69) is 0 Å². The van der Waals surface area contributed by atoms with Gasteiger partial charge in [0.2, 0.25) is 0 Å². The summed E-state index contributed by atoms with van der Waals surface area (Å²) >= 11 is 0. The van der Waals surface area contributed by atoms with Crippen molar-refractivity contribution in [3.05, 3.63) is 65.2 Å². The molecule has 2 rings (SSSR count). The van der Waals surface area contributed by atoms with Gasteiger partial charge in [-0.3, -0.25) is 0 Å². The molecule has 0 aromatic heterocycles. The zero-order valence-corrected chi connectivity index (χ0v) is 10.1. The van der Waals surface area contributed by atoms with E-state index in [1.54, 1.807) is 24.3 Å². The average Bonchev–Trinajstić information content (AvgIpc) is 2.39. The van der Waals surface area contributed by atoms with Gasteiger partial charge in [0.15, 0.2) is 0 Å². The van der Waals surface area contributed by atoms with E-state index < -0.39 is 13.2 Å². The summed E-state index contributed by atoms with van der Waals surface area (Å²) in [7, 11) is -1.48. The second-order valence-electron chi connectivity index (χ2n) is 4.35. The number of aliphatic hydroxyl groups excluding tert-OH is 1. The third-order valence-electron chi connectivity index (χ3n) is 2.94. The molecule has 0 unspecified atom stereocenters. The molecule has 3 nitrogen and oxygen atoms in total. The van der Waals surface area contributed by atoms with Crippen LogP contribution in [0.25, 0.3) is 0 Å². The molecule has 0 spiro atoms. The van der Waals surface area contributed by atoms with Gasteiger partial charge in [-0.25, -0.2) is 0 Å². The highest BCUT2D eigenvalue weighted by Gasteiger charge is 2.13. The SMILES string of the molecule is Cc1ccc([C@H](O)c2ccc(B(O)O)cc2)cc1. The number of aliphatic hydroxyl groups is 1. The van der Waals surface area contributed by atoms with Gasteiger partial charge in [0, 0.05) is 0 Å². The van der Waals surface area contributed by atoms with Crippen molar-refractivity contribution in [1.82, 2.24) is 0 Å². The normalized spacial score (nSPS) is 12.2. The molecule has 0 saturated heterocycles. The smallest absolute Gasteiger partial charge is 0.423 e. The van der Waals surface area contributed by atoms with Crippen LogP contribution >= 0.6 is 0 Å². The van der Waals surface area contributed by atoms with Gasteiger partial charge in [0.05, 0.1) is 0 Å². The first-order chi connectivity index (χ1) is 8.58. The van der Waals surface area contributed by atoms with Crippen molar-refractivity contribution in [2.75, 3.05) is 0 Å². The molecule has 0 amide bonds. The minimum atomic E-state index is -1.48. The maximum atomic E-state index is 10.2. The molecule has 92 valence electrons. The lowest BCUT2D eigenvalue weighted by Gasteiger charge is -2.12. The van der Waals surface area contributed by atoms with Gasteiger partial charge in [0.25, 0.3) is 0 Å². The van der Waals surface area contributed by atoms with E-state index in [1.165, 1.54) is 0 Å². The third kappa shape index (κ3) is 2.79. The van der Waals surface area contributed by atoms with E-state index in [-0.39, 0.29) is 0 Å². The summed E-state index contributed by atoms with van der Waals surface area (Å²) in [6.45, 7) is 1.99. The lowest BCUT2D eigenvalue weighted by Crippen LogP contribution is -2.29. The molecule has 0 bridgehead atoms. The highest BCUT2D eigenvalue weighted by molar-refractivity contribution is 6.58. The van der Waals surface area contributed by atoms with Crippen molar-refractivity contribution >= 4 is 12.6 Å². The number of hydrogen-bond donors (Lipinski definition) is 3. The molecule has 0 radical (unpaired) electrons. The largest absolute Gasteiger partial charge is 0.488 e. The quantitative estimate of drug-likeness (QED) is 0.696. The summed E-state index contributed by atoms with van der Waals surface area (Å²) in [4.78, 5) is 0. The molecule has 2 aromatic rings. The fourth-order valence-electron chi connectivity index (χ4n) is 1.79. The Labute approximate surface area is 106 Å². The minimum Gasteiger partial charge on any atom is -0.423 e. The van der Waals surface area contributed by atoms with Crippen molar-refractivity contribution in [2.45, 2.75) is 13.0 Å². The Morgan fingerprint density at radius 3 is 1.72 bits per heavy atom. The van der Waals surface area contributed by atoms with Crippen molar-refractivity contribution in [3.8, 4) is 0 Å². The number of hydrogen-bond acceptors (Lipinski definition) is 3. The van der Waals surface area contributed by atoms with Crippen molar-refractivity contribution in [1.29, 1.82) is 0 Å². The predicted molar refractivity (Wildman–Crippen MR) is 71.5 cm³/mol. The standard InChI is InChI=1S/C14H15BO3/c1-10-2-4-11(5-3-10)14(16)12-6-8-13(9-7-12)15(17)18/h2-9,14,16-18H,1H3/t14-/m0/s1. The van der Waals surface area contributed by atoms with E-state index >= 15 is 0 Å². The molecule has 4 heteroatoms. The summed E-state index contributed by atoms with van der Waals surface area (Å²) in [5, 5.41) is 28.2. The van der Waals surface area contributed by atoms with Gasteiger partial charge in [-0.15, -0.1) is 0 Å². The maximum absolute atomic E-state index is 10.2. The van der Waals surface area contributed by atoms with Crippen LogP contribution in [0.3, 0.4) is 0 Å². The van der Waals surface area contributed by atoms with Crippen LogP contribution in [0.1, 0.15) is 22.8 Å². The topological polar surface area (TPSA) is 60.7 Å². The predicted octanol–water partition coefficient (Wildman–Crippen LogP) is 0.757. The summed E-state index contributed by atoms with van der Waals surface area (Å²) in [5.41, 5.74) is 3.10. The van der Waals surface area contributed by atoms with Crippen LogP contribution in [0.4, 0.5) is 0 Å². The molecule has 0 heterocycles. The van der Waals surface area contributed by atoms with Gasteiger partial charge in [-0.2, -0.15) is 0 Å². The molecule has 0 fully saturated rings. The van der Waals surface area contributed by atoms with Crippen molar-refractivity contribution in [3.63, 3.8) is 0 Å². The zero-order chi connectivity index (χ0) is 13.1. The molecule has 1 atom stereocenters. The monoisotopic (exact) mass is 242 g/mol. The van der Waals surface area contributed by atoms with Gasteiger partial charge >= 0.3 is 7.12 Å². The molecule has 2 aromatic carbocycles. The Balaban J connectivity index is 2.23. The van der Waals surface area contributed by atoms with Gasteiger partial charge in [-0.1, -0.05) is 54.1 Å². The van der Waals surface area contributed by atoms with Crippen LogP contribution in [0.5, 0.6) is 0 Å². The molecule has 0 aliphatic carbocycles. The van der Waals surface area contributed by atoms with Crippen LogP contribution in [-0.2, 0) is 0 Å². The Hall–Kier alpha value is -1.62. The van der Waals surface area contributed by atoms with E-state index in [0.717, 1.165) is 16.7 Å².